The molecule has 0 radical (unpaired) electrons. The van der Waals surface area contributed by atoms with Crippen molar-refractivity contribution in [2.45, 2.75) is 31.8 Å². The van der Waals surface area contributed by atoms with Gasteiger partial charge in [-0.25, -0.2) is 5.10 Å². The summed E-state index contributed by atoms with van der Waals surface area (Å²) in [6, 6.07) is 6.67. The zero-order valence-electron chi connectivity index (χ0n) is 12.9. The summed E-state index contributed by atoms with van der Waals surface area (Å²) in [4.78, 5) is 35.6. The summed E-state index contributed by atoms with van der Waals surface area (Å²) in [7, 11) is 0. The minimum Gasteiger partial charge on any atom is -0.349 e. The molecule has 0 bridgehead atoms. The number of nitrogens with zero attached hydrogens (tertiary/aromatic N) is 1. The normalized spacial score (nSPS) is 18.5. The summed E-state index contributed by atoms with van der Waals surface area (Å²) < 4.78 is 0. The first-order valence-electron chi connectivity index (χ1n) is 7.89. The van der Waals surface area contributed by atoms with E-state index in [4.69, 9.17) is 0 Å². The number of rotatable bonds is 2. The molecule has 3 N–H and O–H groups in total. The van der Waals surface area contributed by atoms with E-state index >= 15 is 0 Å². The molecule has 1 aliphatic heterocycles. The van der Waals surface area contributed by atoms with Gasteiger partial charge in [-0.1, -0.05) is 6.07 Å². The number of nitrogens with one attached hydrogen (secondary N) is 3. The van der Waals surface area contributed by atoms with E-state index in [1.54, 1.807) is 18.2 Å². The van der Waals surface area contributed by atoms with E-state index in [9.17, 15) is 14.4 Å². The predicted octanol–water partition coefficient (Wildman–Crippen LogP) is 0.301. The molecule has 2 aliphatic rings. The lowest BCUT2D eigenvalue weighted by atomic mass is 9.92. The number of carbonyl (C=O) groups excluding carboxylic acids is 2. The van der Waals surface area contributed by atoms with Crippen molar-refractivity contribution in [3.63, 3.8) is 0 Å². The van der Waals surface area contributed by atoms with Crippen molar-refractivity contribution in [1.82, 2.24) is 20.8 Å². The molecule has 1 aliphatic carbocycles. The zero-order chi connectivity index (χ0) is 16.7. The molecule has 122 valence electrons. The minimum absolute atomic E-state index is 0.0457. The molecule has 24 heavy (non-hydrogen) atoms. The number of carbonyl (C=O) groups is 2. The third-order valence-electron chi connectivity index (χ3n) is 4.56. The summed E-state index contributed by atoms with van der Waals surface area (Å²) in [6.07, 6.45) is 2.07. The van der Waals surface area contributed by atoms with E-state index in [2.05, 4.69) is 20.8 Å². The van der Waals surface area contributed by atoms with Gasteiger partial charge in [0.25, 0.3) is 17.4 Å². The first-order valence-corrected chi connectivity index (χ1v) is 7.89. The SMILES string of the molecule is O=C(NC1CCc2n[nH]c(=O)cc2C1)c1ccc2c(c1)C(=O)NC2. The largest absolute Gasteiger partial charge is 0.349 e. The first-order chi connectivity index (χ1) is 11.6. The highest BCUT2D eigenvalue weighted by molar-refractivity contribution is 6.02. The second kappa shape index (κ2) is 5.59. The Morgan fingerprint density at radius 3 is 2.96 bits per heavy atom. The molecular formula is C17H16N4O3. The molecule has 2 aromatic rings. The van der Waals surface area contributed by atoms with E-state index in [1.165, 1.54) is 0 Å². The highest BCUT2D eigenvalue weighted by atomic mass is 16.2. The van der Waals surface area contributed by atoms with E-state index in [1.807, 2.05) is 6.07 Å². The van der Waals surface area contributed by atoms with Crippen LogP contribution in [0.5, 0.6) is 0 Å². The van der Waals surface area contributed by atoms with Crippen LogP contribution in [-0.4, -0.2) is 28.1 Å². The monoisotopic (exact) mass is 324 g/mol. The van der Waals surface area contributed by atoms with Crippen LogP contribution in [0.15, 0.2) is 29.1 Å². The number of aryl methyl sites for hydroxylation is 1. The van der Waals surface area contributed by atoms with Crippen molar-refractivity contribution in [1.29, 1.82) is 0 Å². The Hall–Kier alpha value is -2.96. The molecule has 1 unspecified atom stereocenters. The summed E-state index contributed by atoms with van der Waals surface area (Å²) in [5.74, 6) is -0.347. The van der Waals surface area contributed by atoms with Crippen LogP contribution < -0.4 is 16.2 Å². The number of hydrogen-bond donors (Lipinski definition) is 3. The Morgan fingerprint density at radius 2 is 2.08 bits per heavy atom. The lowest BCUT2D eigenvalue weighted by Crippen LogP contribution is -2.39. The summed E-state index contributed by atoms with van der Waals surface area (Å²) in [5.41, 5.74) is 3.48. The van der Waals surface area contributed by atoms with Crippen molar-refractivity contribution in [3.8, 4) is 0 Å². The van der Waals surface area contributed by atoms with Crippen LogP contribution in [0.1, 0.15) is 44.0 Å². The Kier molecular flexibility index (Phi) is 3.41. The number of amides is 2. The first kappa shape index (κ1) is 14.6. The van der Waals surface area contributed by atoms with Crippen LogP contribution in [0.25, 0.3) is 0 Å². The van der Waals surface area contributed by atoms with Crippen molar-refractivity contribution >= 4 is 11.8 Å². The van der Waals surface area contributed by atoms with Gasteiger partial charge in [-0.05, 0) is 42.5 Å². The standard InChI is InChI=1S/C17H16N4O3/c22-15-7-11-5-12(3-4-14(11)20-21-15)19-16(23)9-1-2-10-8-18-17(24)13(10)6-9/h1-2,6-7,12H,3-5,8H2,(H,18,24)(H,19,23)(H,21,22). The van der Waals surface area contributed by atoms with Crippen LogP contribution >= 0.6 is 0 Å². The quantitative estimate of drug-likeness (QED) is 0.739. The third kappa shape index (κ3) is 2.58. The fourth-order valence-electron chi connectivity index (χ4n) is 3.29. The van der Waals surface area contributed by atoms with Gasteiger partial charge in [-0.15, -0.1) is 0 Å². The van der Waals surface area contributed by atoms with Gasteiger partial charge in [0.15, 0.2) is 0 Å². The average molecular weight is 324 g/mol. The minimum atomic E-state index is -0.231. The molecule has 7 nitrogen and oxygen atoms in total. The third-order valence-corrected chi connectivity index (χ3v) is 4.56. The van der Waals surface area contributed by atoms with Gasteiger partial charge in [0.05, 0.1) is 5.69 Å². The molecule has 0 spiro atoms. The predicted molar refractivity (Wildman–Crippen MR) is 85.7 cm³/mol. The molecule has 2 heterocycles. The molecule has 1 aromatic carbocycles. The molecule has 0 fully saturated rings. The second-order valence-electron chi connectivity index (χ2n) is 6.17. The number of H-pyrrole nitrogens is 1. The Morgan fingerprint density at radius 1 is 1.21 bits per heavy atom. The fourth-order valence-corrected chi connectivity index (χ4v) is 3.29. The Balaban J connectivity index is 1.50. The van der Waals surface area contributed by atoms with Gasteiger partial charge in [0.2, 0.25) is 0 Å². The number of aromatic amines is 1. The molecular weight excluding hydrogens is 308 g/mol. The lowest BCUT2D eigenvalue weighted by Gasteiger charge is -2.24. The zero-order valence-corrected chi connectivity index (χ0v) is 12.9. The van der Waals surface area contributed by atoms with Gasteiger partial charge in [-0.2, -0.15) is 5.10 Å². The van der Waals surface area contributed by atoms with E-state index in [0.717, 1.165) is 23.2 Å². The second-order valence-corrected chi connectivity index (χ2v) is 6.17. The molecule has 0 saturated heterocycles. The lowest BCUT2D eigenvalue weighted by molar-refractivity contribution is 0.0933. The molecule has 2 amide bonds. The van der Waals surface area contributed by atoms with Crippen LogP contribution in [0.2, 0.25) is 0 Å². The van der Waals surface area contributed by atoms with Crippen molar-refractivity contribution in [2.75, 3.05) is 0 Å². The summed E-state index contributed by atoms with van der Waals surface area (Å²) >= 11 is 0. The van der Waals surface area contributed by atoms with Gasteiger partial charge in [0, 0.05) is 29.8 Å². The van der Waals surface area contributed by atoms with Crippen LogP contribution in [0, 0.1) is 0 Å². The van der Waals surface area contributed by atoms with E-state index in [0.29, 0.717) is 30.5 Å². The maximum Gasteiger partial charge on any atom is 0.264 e. The Labute approximate surface area is 137 Å². The van der Waals surface area contributed by atoms with Crippen LogP contribution in [-0.2, 0) is 19.4 Å². The molecule has 1 atom stereocenters. The molecule has 4 rings (SSSR count). The molecule has 1 aromatic heterocycles. The van der Waals surface area contributed by atoms with Gasteiger partial charge in [0.1, 0.15) is 0 Å². The highest BCUT2D eigenvalue weighted by Crippen LogP contribution is 2.20. The maximum atomic E-state index is 12.5. The molecule has 7 heteroatoms. The number of fused-ring (bicyclic) bond motifs is 2. The van der Waals surface area contributed by atoms with E-state index < -0.39 is 0 Å². The topological polar surface area (TPSA) is 104 Å². The van der Waals surface area contributed by atoms with Crippen molar-refractivity contribution in [2.24, 2.45) is 0 Å². The van der Waals surface area contributed by atoms with Gasteiger partial charge >= 0.3 is 0 Å². The fraction of sp³-hybridized carbons (Fsp3) is 0.294. The van der Waals surface area contributed by atoms with Crippen LogP contribution in [0.3, 0.4) is 0 Å². The van der Waals surface area contributed by atoms with Crippen molar-refractivity contribution < 1.29 is 9.59 Å². The summed E-state index contributed by atoms with van der Waals surface area (Å²) in [5, 5.41) is 12.2. The number of benzene rings is 1. The number of hydrogen-bond acceptors (Lipinski definition) is 4. The number of aromatic nitrogens is 2. The highest BCUT2D eigenvalue weighted by Gasteiger charge is 2.24. The average Bonchev–Trinajstić information content (AvgIpc) is 2.95. The summed E-state index contributed by atoms with van der Waals surface area (Å²) in [6.45, 7) is 0.511. The van der Waals surface area contributed by atoms with Crippen molar-refractivity contribution in [3.05, 3.63) is 62.6 Å². The van der Waals surface area contributed by atoms with Gasteiger partial charge in [-0.3, -0.25) is 14.4 Å². The maximum absolute atomic E-state index is 12.5. The Bertz CT molecular complexity index is 903. The molecule has 0 saturated carbocycles. The van der Waals surface area contributed by atoms with Crippen LogP contribution in [0.4, 0.5) is 0 Å². The van der Waals surface area contributed by atoms with E-state index in [-0.39, 0.29) is 23.4 Å². The van der Waals surface area contributed by atoms with Gasteiger partial charge < -0.3 is 10.6 Å². The smallest absolute Gasteiger partial charge is 0.264 e.